The van der Waals surface area contributed by atoms with Crippen molar-refractivity contribution in [1.29, 1.82) is 0 Å². The molecule has 0 amide bonds. The fourth-order valence-corrected chi connectivity index (χ4v) is 2.44. The Kier molecular flexibility index (Phi) is 5.02. The number of hydrogen-bond donors (Lipinski definition) is 0. The minimum Gasteiger partial charge on any atom is -0.491 e. The van der Waals surface area contributed by atoms with E-state index in [1.807, 2.05) is 24.3 Å². The van der Waals surface area contributed by atoms with Crippen molar-refractivity contribution in [2.75, 3.05) is 26.2 Å². The second kappa shape index (κ2) is 6.76. The summed E-state index contributed by atoms with van der Waals surface area (Å²) in [4.78, 5) is 13.0. The van der Waals surface area contributed by atoms with Crippen LogP contribution in [0.5, 0.6) is 5.75 Å². The average molecular weight is 268 g/mol. The third-order valence-corrected chi connectivity index (χ3v) is 3.55. The van der Waals surface area contributed by atoms with Crippen LogP contribution in [-0.4, -0.2) is 37.4 Å². The summed E-state index contributed by atoms with van der Waals surface area (Å²) in [6.45, 7) is 3.36. The number of piperidine rings is 1. The van der Waals surface area contributed by atoms with E-state index in [-0.39, 0.29) is 5.92 Å². The lowest BCUT2D eigenvalue weighted by Crippen LogP contribution is -2.38. The quantitative estimate of drug-likeness (QED) is 0.768. The molecular formula is C14H18ClNO2. The zero-order valence-electron chi connectivity index (χ0n) is 10.3. The molecular weight excluding hydrogens is 250 g/mol. The van der Waals surface area contributed by atoms with Gasteiger partial charge in [0.2, 0.25) is 0 Å². The Morgan fingerprint density at radius 2 is 2.28 bits per heavy atom. The van der Waals surface area contributed by atoms with Crippen LogP contribution in [0.1, 0.15) is 12.8 Å². The van der Waals surface area contributed by atoms with E-state index in [0.29, 0.717) is 11.6 Å². The SMILES string of the molecule is O=CC1CCCN(CCOc2ccccc2Cl)C1. The van der Waals surface area contributed by atoms with Crippen LogP contribution in [0.2, 0.25) is 5.02 Å². The molecule has 0 spiro atoms. The number of benzene rings is 1. The van der Waals surface area contributed by atoms with Gasteiger partial charge in [-0.1, -0.05) is 23.7 Å². The van der Waals surface area contributed by atoms with Crippen molar-refractivity contribution in [3.63, 3.8) is 0 Å². The molecule has 0 bridgehead atoms. The average Bonchev–Trinajstić information content (AvgIpc) is 2.41. The van der Waals surface area contributed by atoms with Crippen molar-refractivity contribution in [1.82, 2.24) is 4.90 Å². The first kappa shape index (κ1) is 13.4. The number of para-hydroxylation sites is 1. The summed E-state index contributed by atoms with van der Waals surface area (Å²) in [7, 11) is 0. The predicted octanol–water partition coefficient (Wildman–Crippen LogP) is 2.63. The number of ether oxygens (including phenoxy) is 1. The van der Waals surface area contributed by atoms with Crippen LogP contribution in [0.3, 0.4) is 0 Å². The summed E-state index contributed by atoms with van der Waals surface area (Å²) >= 11 is 6.01. The minimum absolute atomic E-state index is 0.194. The molecule has 98 valence electrons. The summed E-state index contributed by atoms with van der Waals surface area (Å²) in [6.07, 6.45) is 3.18. The standard InChI is InChI=1S/C14H18ClNO2/c15-13-5-1-2-6-14(13)18-9-8-16-7-3-4-12(10-16)11-17/h1-2,5-6,11-12H,3-4,7-10H2. The maximum atomic E-state index is 10.8. The molecule has 1 atom stereocenters. The molecule has 1 aromatic rings. The number of halogens is 1. The van der Waals surface area contributed by atoms with E-state index in [9.17, 15) is 4.79 Å². The molecule has 1 fully saturated rings. The highest BCUT2D eigenvalue weighted by molar-refractivity contribution is 6.32. The molecule has 0 N–H and O–H groups in total. The number of aldehydes is 1. The molecule has 4 heteroatoms. The highest BCUT2D eigenvalue weighted by Gasteiger charge is 2.18. The number of carbonyl (C=O) groups excluding carboxylic acids is 1. The van der Waals surface area contributed by atoms with Crippen LogP contribution in [0.25, 0.3) is 0 Å². The second-order valence-electron chi connectivity index (χ2n) is 4.62. The zero-order valence-corrected chi connectivity index (χ0v) is 11.1. The molecule has 1 aliphatic heterocycles. The molecule has 0 radical (unpaired) electrons. The monoisotopic (exact) mass is 267 g/mol. The first-order valence-corrected chi connectivity index (χ1v) is 6.72. The van der Waals surface area contributed by atoms with Gasteiger partial charge in [0.1, 0.15) is 18.6 Å². The Labute approximate surface area is 113 Å². The van der Waals surface area contributed by atoms with Crippen LogP contribution >= 0.6 is 11.6 Å². The largest absolute Gasteiger partial charge is 0.491 e. The molecule has 1 unspecified atom stereocenters. The lowest BCUT2D eigenvalue weighted by molar-refractivity contribution is -0.112. The van der Waals surface area contributed by atoms with Crippen molar-refractivity contribution in [2.45, 2.75) is 12.8 Å². The minimum atomic E-state index is 0.194. The first-order chi connectivity index (χ1) is 8.79. The third-order valence-electron chi connectivity index (χ3n) is 3.24. The Bertz CT molecular complexity index is 397. The van der Waals surface area contributed by atoms with Gasteiger partial charge < -0.3 is 9.53 Å². The van der Waals surface area contributed by atoms with Gasteiger partial charge in [0.15, 0.2) is 0 Å². The molecule has 0 aliphatic carbocycles. The van der Waals surface area contributed by atoms with E-state index < -0.39 is 0 Å². The molecule has 1 heterocycles. The predicted molar refractivity (Wildman–Crippen MR) is 72.2 cm³/mol. The molecule has 0 aromatic heterocycles. The van der Waals surface area contributed by atoms with Gasteiger partial charge >= 0.3 is 0 Å². The fraction of sp³-hybridized carbons (Fsp3) is 0.500. The lowest BCUT2D eigenvalue weighted by atomic mass is 10.00. The number of rotatable bonds is 5. The van der Waals surface area contributed by atoms with E-state index in [0.717, 1.165) is 44.5 Å². The van der Waals surface area contributed by atoms with Crippen LogP contribution in [0.15, 0.2) is 24.3 Å². The molecule has 0 saturated carbocycles. The van der Waals surface area contributed by atoms with Gasteiger partial charge in [-0.25, -0.2) is 0 Å². The van der Waals surface area contributed by atoms with Crippen molar-refractivity contribution in [2.24, 2.45) is 5.92 Å². The Morgan fingerprint density at radius 3 is 3.06 bits per heavy atom. The Balaban J connectivity index is 1.75. The van der Waals surface area contributed by atoms with Crippen molar-refractivity contribution >= 4 is 17.9 Å². The smallest absolute Gasteiger partial charge is 0.137 e. The number of nitrogens with zero attached hydrogens (tertiary/aromatic N) is 1. The summed E-state index contributed by atoms with van der Waals surface area (Å²) in [5.74, 6) is 0.919. The van der Waals surface area contributed by atoms with Gasteiger partial charge in [-0.2, -0.15) is 0 Å². The molecule has 18 heavy (non-hydrogen) atoms. The maximum Gasteiger partial charge on any atom is 0.137 e. The number of hydrogen-bond acceptors (Lipinski definition) is 3. The van der Waals surface area contributed by atoms with Gasteiger partial charge in [0, 0.05) is 19.0 Å². The van der Waals surface area contributed by atoms with Gasteiger partial charge in [-0.15, -0.1) is 0 Å². The molecule has 1 saturated heterocycles. The summed E-state index contributed by atoms with van der Waals surface area (Å²) in [5, 5.41) is 0.641. The molecule has 1 aromatic carbocycles. The van der Waals surface area contributed by atoms with E-state index >= 15 is 0 Å². The summed E-state index contributed by atoms with van der Waals surface area (Å²) in [5.41, 5.74) is 0. The van der Waals surface area contributed by atoms with Crippen LogP contribution in [0, 0.1) is 5.92 Å². The van der Waals surface area contributed by atoms with Crippen molar-refractivity contribution < 1.29 is 9.53 Å². The molecule has 3 nitrogen and oxygen atoms in total. The fourth-order valence-electron chi connectivity index (χ4n) is 2.25. The number of likely N-dealkylation sites (tertiary alicyclic amines) is 1. The van der Waals surface area contributed by atoms with Crippen LogP contribution in [0.4, 0.5) is 0 Å². The van der Waals surface area contributed by atoms with Crippen molar-refractivity contribution in [3.8, 4) is 5.75 Å². The van der Waals surface area contributed by atoms with Gasteiger partial charge in [-0.3, -0.25) is 4.90 Å². The first-order valence-electron chi connectivity index (χ1n) is 6.34. The zero-order chi connectivity index (χ0) is 12.8. The lowest BCUT2D eigenvalue weighted by Gasteiger charge is -2.29. The molecule has 1 aliphatic rings. The van der Waals surface area contributed by atoms with Gasteiger partial charge in [-0.05, 0) is 31.5 Å². The van der Waals surface area contributed by atoms with E-state index in [2.05, 4.69) is 4.90 Å². The van der Waals surface area contributed by atoms with E-state index in [4.69, 9.17) is 16.3 Å². The summed E-state index contributed by atoms with van der Waals surface area (Å²) < 4.78 is 5.65. The topological polar surface area (TPSA) is 29.5 Å². The van der Waals surface area contributed by atoms with E-state index in [1.54, 1.807) is 0 Å². The number of carbonyl (C=O) groups is 1. The summed E-state index contributed by atoms with van der Waals surface area (Å²) in [6, 6.07) is 7.48. The van der Waals surface area contributed by atoms with Crippen LogP contribution in [-0.2, 0) is 4.79 Å². The highest BCUT2D eigenvalue weighted by Crippen LogP contribution is 2.23. The maximum absolute atomic E-state index is 10.8. The Morgan fingerprint density at radius 1 is 1.44 bits per heavy atom. The third kappa shape index (κ3) is 3.72. The molecule has 2 rings (SSSR count). The Hall–Kier alpha value is -1.06. The van der Waals surface area contributed by atoms with Crippen LogP contribution < -0.4 is 4.74 Å². The van der Waals surface area contributed by atoms with E-state index in [1.165, 1.54) is 0 Å². The highest BCUT2D eigenvalue weighted by atomic mass is 35.5. The second-order valence-corrected chi connectivity index (χ2v) is 5.03. The van der Waals surface area contributed by atoms with Gasteiger partial charge in [0.25, 0.3) is 0 Å². The normalized spacial score (nSPS) is 20.6. The van der Waals surface area contributed by atoms with Crippen molar-refractivity contribution in [3.05, 3.63) is 29.3 Å². The van der Waals surface area contributed by atoms with Gasteiger partial charge in [0.05, 0.1) is 5.02 Å².